The number of halogens is 1. The maximum Gasteiger partial charge on any atom is 0.269 e. The summed E-state index contributed by atoms with van der Waals surface area (Å²) >= 11 is 6.24. The summed E-state index contributed by atoms with van der Waals surface area (Å²) in [4.78, 5) is 18.5. The van der Waals surface area contributed by atoms with Crippen molar-refractivity contribution in [2.45, 2.75) is 4.90 Å². The van der Waals surface area contributed by atoms with Gasteiger partial charge >= 0.3 is 0 Å². The van der Waals surface area contributed by atoms with Crippen LogP contribution in [0.3, 0.4) is 0 Å². The van der Waals surface area contributed by atoms with Gasteiger partial charge in [-0.05, 0) is 18.2 Å². The van der Waals surface area contributed by atoms with Gasteiger partial charge in [-0.2, -0.15) is 0 Å². The molecule has 134 valence electrons. The monoisotopic (exact) mass is 389 g/mol. The molecule has 3 rings (SSSR count). The van der Waals surface area contributed by atoms with Gasteiger partial charge in [-0.15, -0.1) is 0 Å². The minimum absolute atomic E-state index is 0.0986. The second kappa shape index (κ2) is 6.93. The number of nitrogens with zero attached hydrogens (tertiary/aromatic N) is 3. The van der Waals surface area contributed by atoms with E-state index in [1.54, 1.807) is 43.4 Å². The van der Waals surface area contributed by atoms with E-state index < -0.39 is 10.0 Å². The number of ketones is 1. The Hall–Kier alpha value is -2.64. The second-order valence-electron chi connectivity index (χ2n) is 5.79. The number of aromatic nitrogens is 2. The van der Waals surface area contributed by atoms with E-state index in [9.17, 15) is 13.2 Å². The largest absolute Gasteiger partial charge is 0.383 e. The summed E-state index contributed by atoms with van der Waals surface area (Å²) in [7, 11) is -0.359. The van der Waals surface area contributed by atoms with Gasteiger partial charge in [0.1, 0.15) is 0 Å². The first kappa shape index (κ1) is 18.2. The summed E-state index contributed by atoms with van der Waals surface area (Å²) in [6.45, 7) is 0. The van der Waals surface area contributed by atoms with Crippen LogP contribution in [0.2, 0.25) is 5.02 Å². The number of benzene rings is 1. The molecule has 1 aromatic carbocycles. The van der Waals surface area contributed by atoms with E-state index in [1.807, 2.05) is 0 Å². The summed E-state index contributed by atoms with van der Waals surface area (Å²) in [6.07, 6.45) is 5.62. The standard InChI is InChI=1S/C18H16ClN3O3S/c1-21(2)11-9-16(23)14-12-22(18-17(14)15(19)8-10-20-18)26(24,25)13-6-4-3-5-7-13/h3-12H,1-2H3. The molecule has 2 heterocycles. The lowest BCUT2D eigenvalue weighted by atomic mass is 10.1. The molecule has 0 saturated heterocycles. The van der Waals surface area contributed by atoms with Crippen LogP contribution in [0.15, 0.2) is 66.0 Å². The molecule has 0 aliphatic heterocycles. The fourth-order valence-electron chi connectivity index (χ4n) is 2.47. The van der Waals surface area contributed by atoms with Gasteiger partial charge in [-0.25, -0.2) is 17.4 Å². The number of rotatable bonds is 5. The van der Waals surface area contributed by atoms with Crippen molar-refractivity contribution in [2.24, 2.45) is 0 Å². The number of pyridine rings is 1. The molecule has 0 unspecified atom stereocenters. The fourth-order valence-corrected chi connectivity index (χ4v) is 4.05. The lowest BCUT2D eigenvalue weighted by Gasteiger charge is -2.06. The van der Waals surface area contributed by atoms with Gasteiger partial charge in [-0.1, -0.05) is 29.8 Å². The number of fused-ring (bicyclic) bond motifs is 1. The molecular weight excluding hydrogens is 374 g/mol. The predicted molar refractivity (Wildman–Crippen MR) is 101 cm³/mol. The van der Waals surface area contributed by atoms with Crippen molar-refractivity contribution >= 4 is 38.4 Å². The zero-order chi connectivity index (χ0) is 18.9. The Morgan fingerprint density at radius 2 is 1.88 bits per heavy atom. The number of allylic oxidation sites excluding steroid dienone is 1. The SMILES string of the molecule is CN(C)C=CC(=O)c1cn(S(=O)(=O)c2ccccc2)c2nccc(Cl)c12. The minimum atomic E-state index is -3.92. The third kappa shape index (κ3) is 3.23. The lowest BCUT2D eigenvalue weighted by Crippen LogP contribution is -2.12. The molecule has 0 bridgehead atoms. The van der Waals surface area contributed by atoms with Gasteiger partial charge in [0.05, 0.1) is 15.5 Å². The van der Waals surface area contributed by atoms with E-state index in [4.69, 9.17) is 11.6 Å². The van der Waals surface area contributed by atoms with E-state index >= 15 is 0 Å². The van der Waals surface area contributed by atoms with Gasteiger partial charge in [0.2, 0.25) is 0 Å². The van der Waals surface area contributed by atoms with E-state index in [2.05, 4.69) is 4.98 Å². The molecule has 6 nitrogen and oxygen atoms in total. The number of hydrogen-bond acceptors (Lipinski definition) is 5. The highest BCUT2D eigenvalue weighted by Crippen LogP contribution is 2.30. The van der Waals surface area contributed by atoms with Crippen molar-refractivity contribution < 1.29 is 13.2 Å². The van der Waals surface area contributed by atoms with Crippen LogP contribution in [0.25, 0.3) is 11.0 Å². The first-order valence-corrected chi connectivity index (χ1v) is 9.49. The molecule has 0 spiro atoms. The topological polar surface area (TPSA) is 72.3 Å². The molecule has 0 fully saturated rings. The van der Waals surface area contributed by atoms with Gasteiger partial charge in [0.15, 0.2) is 11.4 Å². The van der Waals surface area contributed by atoms with Gasteiger partial charge in [0, 0.05) is 44.2 Å². The number of hydrogen-bond donors (Lipinski definition) is 0. The number of carbonyl (C=O) groups is 1. The van der Waals surface area contributed by atoms with E-state index in [1.165, 1.54) is 36.7 Å². The zero-order valence-corrected chi connectivity index (χ0v) is 15.7. The Kier molecular flexibility index (Phi) is 4.84. The molecule has 0 atom stereocenters. The molecule has 2 aromatic heterocycles. The van der Waals surface area contributed by atoms with Crippen LogP contribution >= 0.6 is 11.6 Å². The molecular formula is C18H16ClN3O3S. The van der Waals surface area contributed by atoms with Crippen molar-refractivity contribution in [1.29, 1.82) is 0 Å². The Morgan fingerprint density at radius 1 is 1.19 bits per heavy atom. The van der Waals surface area contributed by atoms with Crippen molar-refractivity contribution in [3.8, 4) is 0 Å². The molecule has 0 N–H and O–H groups in total. The maximum atomic E-state index is 13.0. The normalized spacial score (nSPS) is 12.0. The summed E-state index contributed by atoms with van der Waals surface area (Å²) in [6, 6.07) is 9.48. The van der Waals surface area contributed by atoms with E-state index in [0.717, 1.165) is 3.97 Å². The summed E-state index contributed by atoms with van der Waals surface area (Å²) < 4.78 is 27.0. The third-order valence-corrected chi connectivity index (χ3v) is 5.67. The average molecular weight is 390 g/mol. The van der Waals surface area contributed by atoms with Gasteiger partial charge in [-0.3, -0.25) is 4.79 Å². The van der Waals surface area contributed by atoms with Crippen molar-refractivity contribution in [1.82, 2.24) is 13.9 Å². The first-order valence-electron chi connectivity index (χ1n) is 7.67. The van der Waals surface area contributed by atoms with Crippen LogP contribution in [0.1, 0.15) is 10.4 Å². The minimum Gasteiger partial charge on any atom is -0.383 e. The first-order chi connectivity index (χ1) is 12.3. The highest BCUT2D eigenvalue weighted by Gasteiger charge is 2.25. The van der Waals surface area contributed by atoms with Crippen LogP contribution in [-0.4, -0.2) is 42.2 Å². The van der Waals surface area contributed by atoms with E-state index in [-0.39, 0.29) is 26.9 Å². The highest BCUT2D eigenvalue weighted by atomic mass is 35.5. The molecule has 0 aliphatic rings. The maximum absolute atomic E-state index is 13.0. The average Bonchev–Trinajstić information content (AvgIpc) is 3.02. The molecule has 26 heavy (non-hydrogen) atoms. The Labute approximate surface area is 156 Å². The fraction of sp³-hybridized carbons (Fsp3) is 0.111. The van der Waals surface area contributed by atoms with Gasteiger partial charge in [0.25, 0.3) is 10.0 Å². The molecule has 0 aliphatic carbocycles. The van der Waals surface area contributed by atoms with Crippen molar-refractivity contribution in [3.63, 3.8) is 0 Å². The van der Waals surface area contributed by atoms with Crippen molar-refractivity contribution in [3.05, 3.63) is 71.7 Å². The van der Waals surface area contributed by atoms with Gasteiger partial charge < -0.3 is 4.90 Å². The Balaban J connectivity index is 2.26. The quantitative estimate of drug-likeness (QED) is 0.495. The predicted octanol–water partition coefficient (Wildman–Crippen LogP) is 3.18. The summed E-state index contributed by atoms with van der Waals surface area (Å²) in [5.41, 5.74) is 0.290. The smallest absolute Gasteiger partial charge is 0.269 e. The number of carbonyl (C=O) groups excluding carboxylic acids is 1. The van der Waals surface area contributed by atoms with Crippen LogP contribution in [0, 0.1) is 0 Å². The van der Waals surface area contributed by atoms with E-state index in [0.29, 0.717) is 5.39 Å². The van der Waals surface area contributed by atoms with Crippen LogP contribution in [-0.2, 0) is 10.0 Å². The second-order valence-corrected chi connectivity index (χ2v) is 8.01. The van der Waals surface area contributed by atoms with Crippen LogP contribution in [0.5, 0.6) is 0 Å². The zero-order valence-electron chi connectivity index (χ0n) is 14.1. The van der Waals surface area contributed by atoms with Crippen LogP contribution < -0.4 is 0 Å². The van der Waals surface area contributed by atoms with Crippen molar-refractivity contribution in [2.75, 3.05) is 14.1 Å². The highest BCUT2D eigenvalue weighted by molar-refractivity contribution is 7.90. The molecule has 0 amide bonds. The molecule has 3 aromatic rings. The summed E-state index contributed by atoms with van der Waals surface area (Å²) in [5.74, 6) is -0.361. The Morgan fingerprint density at radius 3 is 2.54 bits per heavy atom. The molecule has 8 heteroatoms. The molecule has 0 radical (unpaired) electrons. The third-order valence-electron chi connectivity index (χ3n) is 3.69. The lowest BCUT2D eigenvalue weighted by molar-refractivity contribution is 0.104. The summed E-state index contributed by atoms with van der Waals surface area (Å²) in [5, 5.41) is 0.570. The Bertz CT molecular complexity index is 1100. The van der Waals surface area contributed by atoms with Crippen LogP contribution in [0.4, 0.5) is 0 Å². The molecule has 0 saturated carbocycles.